The molecule has 0 radical (unpaired) electrons. The molecule has 1 atom stereocenters. The summed E-state index contributed by atoms with van der Waals surface area (Å²) in [7, 11) is -3.83. The summed E-state index contributed by atoms with van der Waals surface area (Å²) in [5, 5.41) is 0.481. The predicted molar refractivity (Wildman–Crippen MR) is 97.6 cm³/mol. The van der Waals surface area contributed by atoms with Crippen molar-refractivity contribution >= 4 is 36.0 Å². The average molecular weight is 339 g/mol. The van der Waals surface area contributed by atoms with Crippen molar-refractivity contribution in [1.82, 2.24) is 0 Å². The van der Waals surface area contributed by atoms with Crippen molar-refractivity contribution in [1.29, 1.82) is 0 Å². The summed E-state index contributed by atoms with van der Waals surface area (Å²) >= 11 is 0. The molecule has 1 aromatic rings. The van der Waals surface area contributed by atoms with Crippen LogP contribution in [0.5, 0.6) is 0 Å². The van der Waals surface area contributed by atoms with Gasteiger partial charge in [-0.2, -0.15) is 0 Å². The number of hydrogen-bond acceptors (Lipinski definition) is 2. The summed E-state index contributed by atoms with van der Waals surface area (Å²) in [5.74, 6) is 0. The van der Waals surface area contributed by atoms with Gasteiger partial charge in [0.1, 0.15) is 0 Å². The van der Waals surface area contributed by atoms with E-state index < -0.39 is 7.60 Å². The van der Waals surface area contributed by atoms with E-state index in [0.29, 0.717) is 5.30 Å². The van der Waals surface area contributed by atoms with Gasteiger partial charge in [0.25, 0.3) is 0 Å². The van der Waals surface area contributed by atoms with Gasteiger partial charge in [0.15, 0.2) is 0 Å². The molecule has 0 aliphatic rings. The van der Waals surface area contributed by atoms with Crippen LogP contribution in [0.2, 0.25) is 0 Å². The Labute approximate surface area is 154 Å². The Hall–Kier alpha value is 0.136. The fourth-order valence-corrected chi connectivity index (χ4v) is 4.35. The molecular formula is C17H31MgO3P. The molecular weight excluding hydrogens is 307 g/mol. The summed E-state index contributed by atoms with van der Waals surface area (Å²) in [6.07, 6.45) is 0. The Balaban J connectivity index is -0.00000147. The summed E-state index contributed by atoms with van der Waals surface area (Å²) < 4.78 is 18.0. The number of hydrogen-bond donors (Lipinski definition) is 1. The second kappa shape index (κ2) is 7.35. The first-order chi connectivity index (χ1) is 9.30. The predicted octanol–water partition coefficient (Wildman–Crippen LogP) is 4.28. The molecule has 0 amide bonds. The van der Waals surface area contributed by atoms with Crippen LogP contribution in [-0.4, -0.2) is 34.6 Å². The second-order valence-electron chi connectivity index (χ2n) is 7.65. The molecule has 124 valence electrons. The van der Waals surface area contributed by atoms with E-state index in [4.69, 9.17) is 4.52 Å². The van der Waals surface area contributed by atoms with Gasteiger partial charge in [-0.25, -0.2) is 0 Å². The molecule has 0 heterocycles. The first kappa shape index (κ1) is 22.1. The average Bonchev–Trinajstić information content (AvgIpc) is 2.24. The topological polar surface area (TPSA) is 46.5 Å². The molecule has 0 aromatic heterocycles. The van der Waals surface area contributed by atoms with Crippen molar-refractivity contribution in [2.24, 2.45) is 0 Å². The maximum absolute atomic E-state index is 12.8. The van der Waals surface area contributed by atoms with Crippen molar-refractivity contribution in [2.45, 2.75) is 66.2 Å². The van der Waals surface area contributed by atoms with Gasteiger partial charge in [0.05, 0.1) is 11.9 Å². The number of benzene rings is 1. The summed E-state index contributed by atoms with van der Waals surface area (Å²) in [5.41, 5.74) is 2.44. The maximum atomic E-state index is 12.8. The number of rotatable bonds is 3. The molecule has 0 spiro atoms. The zero-order valence-corrected chi connectivity index (χ0v) is 17.6. The molecule has 1 unspecified atom stereocenters. The molecule has 0 aliphatic heterocycles. The van der Waals surface area contributed by atoms with Crippen LogP contribution in [0.4, 0.5) is 0 Å². The van der Waals surface area contributed by atoms with Crippen molar-refractivity contribution in [3.05, 3.63) is 28.8 Å². The Bertz CT molecular complexity index is 543. The Morgan fingerprint density at radius 2 is 1.45 bits per heavy atom. The van der Waals surface area contributed by atoms with Gasteiger partial charge >= 0.3 is 30.6 Å². The fourth-order valence-electron chi connectivity index (χ4n) is 2.47. The first-order valence-corrected chi connectivity index (χ1v) is 9.02. The van der Waals surface area contributed by atoms with E-state index in [2.05, 4.69) is 41.5 Å². The van der Waals surface area contributed by atoms with E-state index in [1.54, 1.807) is 6.92 Å². The Morgan fingerprint density at radius 3 is 1.73 bits per heavy atom. The molecule has 22 heavy (non-hydrogen) atoms. The molecule has 0 saturated carbocycles. The molecule has 5 heteroatoms. The summed E-state index contributed by atoms with van der Waals surface area (Å²) in [4.78, 5) is 10.5. The third-order valence-electron chi connectivity index (χ3n) is 3.46. The first-order valence-electron chi connectivity index (χ1n) is 7.44. The summed E-state index contributed by atoms with van der Waals surface area (Å²) in [6.45, 7) is 16.3. The van der Waals surface area contributed by atoms with Gasteiger partial charge in [0, 0.05) is 0 Å². The van der Waals surface area contributed by atoms with Crippen LogP contribution >= 0.6 is 7.60 Å². The van der Waals surface area contributed by atoms with Crippen LogP contribution < -0.4 is 5.30 Å². The van der Waals surface area contributed by atoms with Crippen LogP contribution in [0.1, 0.15) is 68.0 Å². The van der Waals surface area contributed by atoms with Crippen molar-refractivity contribution in [3.63, 3.8) is 0 Å². The summed E-state index contributed by atoms with van der Waals surface area (Å²) in [6, 6.07) is 4.01. The molecule has 0 bridgehead atoms. The third kappa shape index (κ3) is 5.07. The van der Waals surface area contributed by atoms with Crippen molar-refractivity contribution in [2.75, 3.05) is 6.61 Å². The van der Waals surface area contributed by atoms with E-state index in [1.165, 1.54) is 0 Å². The monoisotopic (exact) mass is 338 g/mol. The zero-order valence-electron chi connectivity index (χ0n) is 17.3. The van der Waals surface area contributed by atoms with Crippen molar-refractivity contribution < 1.29 is 16.8 Å². The van der Waals surface area contributed by atoms with E-state index in [9.17, 15) is 9.46 Å². The van der Waals surface area contributed by atoms with Gasteiger partial charge in [0.2, 0.25) is 0 Å². The van der Waals surface area contributed by atoms with Crippen LogP contribution in [0.15, 0.2) is 12.1 Å². The van der Waals surface area contributed by atoms with Gasteiger partial charge in [-0.1, -0.05) is 59.2 Å². The van der Waals surface area contributed by atoms with Gasteiger partial charge in [-0.05, 0) is 35.8 Å². The minimum absolute atomic E-state index is 0. The normalized spacial score (nSPS) is 15.1. The number of aryl methyl sites for hydroxylation is 1. The SMILES string of the molecule is CCOP(=O)(O)c1c(C(C)(C)C)cc(C)cc1C(C)(C)C.[H-].[H-].[Mg+2]. The minimum atomic E-state index is -3.83. The van der Waals surface area contributed by atoms with Crippen LogP contribution in [0.3, 0.4) is 0 Å². The van der Waals surface area contributed by atoms with Crippen molar-refractivity contribution in [3.8, 4) is 0 Å². The molecule has 1 rings (SSSR count). The molecule has 1 aromatic carbocycles. The third-order valence-corrected chi connectivity index (χ3v) is 5.11. The molecule has 1 N–H and O–H groups in total. The smallest absolute Gasteiger partial charge is 1.00 e. The van der Waals surface area contributed by atoms with Gasteiger partial charge in [-0.15, -0.1) is 0 Å². The second-order valence-corrected chi connectivity index (χ2v) is 9.39. The quantitative estimate of drug-likeness (QED) is 0.661. The van der Waals surface area contributed by atoms with Crippen LogP contribution in [0, 0.1) is 6.92 Å². The largest absolute Gasteiger partial charge is 2.00 e. The van der Waals surface area contributed by atoms with Crippen LogP contribution in [-0.2, 0) is 19.9 Å². The minimum Gasteiger partial charge on any atom is -1.00 e. The van der Waals surface area contributed by atoms with Crippen LogP contribution in [0.25, 0.3) is 0 Å². The Morgan fingerprint density at radius 1 is 1.09 bits per heavy atom. The standard InChI is InChI=1S/C17H29O3P.Mg.2H/c1-9-20-21(18,19)15-13(16(3,4)5)10-12(2)11-14(15)17(6,7)8;;;/h10-11H,9H2,1-8H3,(H,18,19);;;/q;+2;2*-1. The Kier molecular flexibility index (Phi) is 7.40. The molecule has 3 nitrogen and oxygen atoms in total. The molecule has 0 fully saturated rings. The van der Waals surface area contributed by atoms with E-state index in [1.807, 2.05) is 19.1 Å². The molecule has 0 saturated heterocycles. The van der Waals surface area contributed by atoms with Gasteiger partial charge < -0.3 is 12.3 Å². The van der Waals surface area contributed by atoms with E-state index in [-0.39, 0.29) is 43.3 Å². The maximum Gasteiger partial charge on any atom is 2.00 e. The van der Waals surface area contributed by atoms with Gasteiger partial charge in [-0.3, -0.25) is 4.57 Å². The van der Waals surface area contributed by atoms with E-state index >= 15 is 0 Å². The molecule has 0 aliphatic carbocycles. The zero-order chi connectivity index (χ0) is 16.6. The fraction of sp³-hybridized carbons (Fsp3) is 0.647. The van der Waals surface area contributed by atoms with E-state index in [0.717, 1.165) is 16.7 Å².